The van der Waals surface area contributed by atoms with Crippen LogP contribution in [-0.2, 0) is 9.53 Å². The maximum Gasteiger partial charge on any atom is 0.338 e. The molecule has 0 heterocycles. The first-order valence-electron chi connectivity index (χ1n) is 6.43. The van der Waals surface area contributed by atoms with Crippen molar-refractivity contribution in [3.05, 3.63) is 34.9 Å². The normalized spacial score (nSPS) is 13.1. The number of amides is 1. The Kier molecular flexibility index (Phi) is 5.74. The van der Waals surface area contributed by atoms with Gasteiger partial charge in [-0.15, -0.1) is 0 Å². The number of nitrogens with one attached hydrogen (secondary N) is 1. The largest absolute Gasteiger partial charge is 0.452 e. The fraction of sp³-hybridized carbons (Fsp3) is 0.400. The van der Waals surface area contributed by atoms with E-state index in [9.17, 15) is 9.59 Å². The molecular weight excluding hydrogens is 292 g/mol. The Morgan fingerprint density at radius 3 is 2.67 bits per heavy atom. The number of carbonyl (C=O) groups excluding carboxylic acids is 2. The minimum atomic E-state index is -1.00. The molecule has 5 nitrogen and oxygen atoms in total. The van der Waals surface area contributed by atoms with Crippen LogP contribution in [0.2, 0.25) is 5.02 Å². The first-order chi connectivity index (χ1) is 9.78. The Morgan fingerprint density at radius 2 is 2.14 bits per heavy atom. The Bertz CT molecular complexity index is 581. The lowest BCUT2D eigenvalue weighted by Gasteiger charge is -2.27. The van der Waals surface area contributed by atoms with Crippen LogP contribution in [0.25, 0.3) is 0 Å². The lowest BCUT2D eigenvalue weighted by atomic mass is 9.90. The van der Waals surface area contributed by atoms with Gasteiger partial charge in [-0.2, -0.15) is 5.26 Å². The van der Waals surface area contributed by atoms with Crippen LogP contribution >= 0.6 is 11.6 Å². The second-order valence-electron chi connectivity index (χ2n) is 5.10. The summed E-state index contributed by atoms with van der Waals surface area (Å²) in [5.41, 5.74) is -0.735. The third-order valence-electron chi connectivity index (χ3n) is 3.18. The molecule has 0 radical (unpaired) electrons. The van der Waals surface area contributed by atoms with E-state index in [0.717, 1.165) is 0 Å². The van der Waals surface area contributed by atoms with Crippen molar-refractivity contribution < 1.29 is 14.3 Å². The number of nitriles is 1. The highest BCUT2D eigenvalue weighted by Gasteiger charge is 2.30. The summed E-state index contributed by atoms with van der Waals surface area (Å²) in [6, 6.07) is 8.29. The van der Waals surface area contributed by atoms with E-state index < -0.39 is 24.0 Å². The van der Waals surface area contributed by atoms with E-state index in [0.29, 0.717) is 5.02 Å². The SMILES string of the molecule is CC(C)[C@](C)(C#N)NC(=O)COC(=O)c1cccc(Cl)c1. The number of ether oxygens (including phenoxy) is 1. The molecule has 1 rings (SSSR count). The first kappa shape index (κ1) is 17.0. The lowest BCUT2D eigenvalue weighted by molar-refractivity contribution is -0.125. The van der Waals surface area contributed by atoms with Gasteiger partial charge in [0, 0.05) is 5.02 Å². The summed E-state index contributed by atoms with van der Waals surface area (Å²) in [5, 5.41) is 12.1. The number of benzene rings is 1. The van der Waals surface area contributed by atoms with E-state index >= 15 is 0 Å². The highest BCUT2D eigenvalue weighted by Crippen LogP contribution is 2.15. The predicted molar refractivity (Wildman–Crippen MR) is 78.7 cm³/mol. The molecule has 21 heavy (non-hydrogen) atoms. The van der Waals surface area contributed by atoms with E-state index in [1.807, 2.05) is 19.9 Å². The minimum absolute atomic E-state index is 0.0740. The summed E-state index contributed by atoms with van der Waals surface area (Å²) in [6.07, 6.45) is 0. The fourth-order valence-corrected chi connectivity index (χ4v) is 1.65. The maximum absolute atomic E-state index is 11.8. The molecule has 1 aromatic carbocycles. The van der Waals surface area contributed by atoms with Gasteiger partial charge < -0.3 is 10.1 Å². The van der Waals surface area contributed by atoms with Gasteiger partial charge in [0.05, 0.1) is 11.6 Å². The van der Waals surface area contributed by atoms with E-state index in [1.54, 1.807) is 25.1 Å². The Balaban J connectivity index is 2.58. The van der Waals surface area contributed by atoms with Crippen molar-refractivity contribution in [3.8, 4) is 6.07 Å². The summed E-state index contributed by atoms with van der Waals surface area (Å²) in [5.74, 6) is -1.24. The van der Waals surface area contributed by atoms with E-state index in [-0.39, 0.29) is 11.5 Å². The Labute approximate surface area is 128 Å². The van der Waals surface area contributed by atoms with Gasteiger partial charge in [-0.05, 0) is 31.0 Å². The molecule has 6 heteroatoms. The van der Waals surface area contributed by atoms with Crippen LogP contribution in [0.1, 0.15) is 31.1 Å². The maximum atomic E-state index is 11.8. The number of esters is 1. The molecule has 0 aliphatic carbocycles. The predicted octanol–water partition coefficient (Wildman–Crippen LogP) is 2.55. The fourth-order valence-electron chi connectivity index (χ4n) is 1.46. The molecule has 0 aliphatic rings. The average molecular weight is 309 g/mol. The van der Waals surface area contributed by atoms with Crippen molar-refractivity contribution in [1.82, 2.24) is 5.32 Å². The quantitative estimate of drug-likeness (QED) is 0.848. The molecule has 0 saturated heterocycles. The van der Waals surface area contributed by atoms with Gasteiger partial charge in [-0.3, -0.25) is 4.79 Å². The number of nitrogens with zero attached hydrogens (tertiary/aromatic N) is 1. The molecule has 1 atom stereocenters. The lowest BCUT2D eigenvalue weighted by Crippen LogP contribution is -2.50. The highest BCUT2D eigenvalue weighted by atomic mass is 35.5. The smallest absolute Gasteiger partial charge is 0.338 e. The number of halogens is 1. The highest BCUT2D eigenvalue weighted by molar-refractivity contribution is 6.30. The summed E-state index contributed by atoms with van der Waals surface area (Å²) in [6.45, 7) is 4.81. The molecule has 0 unspecified atom stereocenters. The van der Waals surface area contributed by atoms with Crippen LogP contribution in [0, 0.1) is 17.2 Å². The number of hydrogen-bond acceptors (Lipinski definition) is 4. The third-order valence-corrected chi connectivity index (χ3v) is 3.42. The Hall–Kier alpha value is -2.06. The van der Waals surface area contributed by atoms with E-state index in [1.165, 1.54) is 6.07 Å². The molecular formula is C15H17ClN2O3. The number of carbonyl (C=O) groups is 2. The van der Waals surface area contributed by atoms with Crippen molar-refractivity contribution in [1.29, 1.82) is 5.26 Å². The van der Waals surface area contributed by atoms with Gasteiger partial charge in [-0.25, -0.2) is 4.79 Å². The number of hydrogen-bond donors (Lipinski definition) is 1. The van der Waals surface area contributed by atoms with Gasteiger partial charge in [0.25, 0.3) is 5.91 Å². The van der Waals surface area contributed by atoms with Crippen LogP contribution in [-0.4, -0.2) is 24.0 Å². The van der Waals surface area contributed by atoms with Crippen molar-refractivity contribution in [3.63, 3.8) is 0 Å². The molecule has 0 aliphatic heterocycles. The van der Waals surface area contributed by atoms with Gasteiger partial charge in [0.1, 0.15) is 5.54 Å². The standard InChI is InChI=1S/C15H17ClN2O3/c1-10(2)15(3,9-17)18-13(19)8-21-14(20)11-5-4-6-12(16)7-11/h4-7,10H,8H2,1-3H3,(H,18,19)/t15-/m0/s1. The molecule has 1 aromatic rings. The van der Waals surface area contributed by atoms with E-state index in [2.05, 4.69) is 5.32 Å². The van der Waals surface area contributed by atoms with Crippen LogP contribution < -0.4 is 5.32 Å². The monoisotopic (exact) mass is 308 g/mol. The zero-order valence-electron chi connectivity index (χ0n) is 12.1. The van der Waals surface area contributed by atoms with Crippen LogP contribution in [0.5, 0.6) is 0 Å². The first-order valence-corrected chi connectivity index (χ1v) is 6.81. The Morgan fingerprint density at radius 1 is 1.48 bits per heavy atom. The van der Waals surface area contributed by atoms with Crippen LogP contribution in [0.4, 0.5) is 0 Å². The van der Waals surface area contributed by atoms with Crippen molar-refractivity contribution in [2.45, 2.75) is 26.3 Å². The molecule has 1 N–H and O–H groups in total. The number of rotatable bonds is 5. The molecule has 0 spiro atoms. The summed E-state index contributed by atoms with van der Waals surface area (Å²) >= 11 is 5.77. The molecule has 0 bridgehead atoms. The van der Waals surface area contributed by atoms with Gasteiger partial charge in [0.15, 0.2) is 6.61 Å². The van der Waals surface area contributed by atoms with Gasteiger partial charge >= 0.3 is 5.97 Å². The van der Waals surface area contributed by atoms with E-state index in [4.69, 9.17) is 21.6 Å². The molecule has 1 amide bonds. The molecule has 0 saturated carbocycles. The summed E-state index contributed by atoms with van der Waals surface area (Å²) < 4.78 is 4.90. The summed E-state index contributed by atoms with van der Waals surface area (Å²) in [4.78, 5) is 23.5. The second-order valence-corrected chi connectivity index (χ2v) is 5.54. The molecule has 0 aromatic heterocycles. The zero-order valence-corrected chi connectivity index (χ0v) is 12.9. The third kappa shape index (κ3) is 4.76. The van der Waals surface area contributed by atoms with Crippen LogP contribution in [0.15, 0.2) is 24.3 Å². The van der Waals surface area contributed by atoms with Gasteiger partial charge in [0.2, 0.25) is 0 Å². The minimum Gasteiger partial charge on any atom is -0.452 e. The summed E-state index contributed by atoms with van der Waals surface area (Å²) in [7, 11) is 0. The van der Waals surface area contributed by atoms with Crippen molar-refractivity contribution in [2.75, 3.05) is 6.61 Å². The zero-order chi connectivity index (χ0) is 16.0. The van der Waals surface area contributed by atoms with Crippen LogP contribution in [0.3, 0.4) is 0 Å². The topological polar surface area (TPSA) is 79.2 Å². The average Bonchev–Trinajstić information content (AvgIpc) is 2.44. The molecule has 112 valence electrons. The molecule has 0 fully saturated rings. The van der Waals surface area contributed by atoms with Crippen molar-refractivity contribution >= 4 is 23.5 Å². The van der Waals surface area contributed by atoms with Gasteiger partial charge in [-0.1, -0.05) is 31.5 Å². The van der Waals surface area contributed by atoms with Crippen molar-refractivity contribution in [2.24, 2.45) is 5.92 Å². The second kappa shape index (κ2) is 7.09.